The molecular weight excluding hydrogens is 240 g/mol. The molecule has 2 aliphatic rings. The van der Waals surface area contributed by atoms with Crippen LogP contribution in [0.4, 0.5) is 5.69 Å². The van der Waals surface area contributed by atoms with Gasteiger partial charge in [-0.3, -0.25) is 14.8 Å². The Bertz CT molecular complexity index is 506. The minimum Gasteiger partial charge on any atom is -0.316 e. The van der Waals surface area contributed by atoms with Gasteiger partial charge in [-0.05, 0) is 38.0 Å². The molecule has 5 nitrogen and oxygen atoms in total. The van der Waals surface area contributed by atoms with Gasteiger partial charge in [0, 0.05) is 30.9 Å². The molecule has 1 atom stereocenters. The normalized spacial score (nSPS) is 21.7. The van der Waals surface area contributed by atoms with Gasteiger partial charge in [0.15, 0.2) is 5.78 Å². The highest BCUT2D eigenvalue weighted by Crippen LogP contribution is 2.26. The van der Waals surface area contributed by atoms with E-state index in [-0.39, 0.29) is 5.78 Å². The zero-order valence-electron chi connectivity index (χ0n) is 10.9. The molecule has 1 unspecified atom stereocenters. The minimum absolute atomic E-state index is 0.133. The molecular formula is C14H18N4O. The van der Waals surface area contributed by atoms with Crippen LogP contribution in [0.3, 0.4) is 0 Å². The van der Waals surface area contributed by atoms with Crippen LogP contribution >= 0.6 is 0 Å². The smallest absolute Gasteiger partial charge is 0.170 e. The SMILES string of the molecule is O=C1CC=Nc2c1ccnc2CNCC1CCNC1. The number of carbonyl (C=O) groups is 1. The van der Waals surface area contributed by atoms with Gasteiger partial charge in [0.25, 0.3) is 0 Å². The van der Waals surface area contributed by atoms with Gasteiger partial charge in [-0.25, -0.2) is 0 Å². The van der Waals surface area contributed by atoms with Crippen molar-refractivity contribution in [1.29, 1.82) is 0 Å². The lowest BCUT2D eigenvalue weighted by molar-refractivity contribution is 0.100. The van der Waals surface area contributed by atoms with Crippen LogP contribution in [-0.2, 0) is 6.54 Å². The van der Waals surface area contributed by atoms with Crippen LogP contribution in [0, 0.1) is 5.92 Å². The summed E-state index contributed by atoms with van der Waals surface area (Å²) in [7, 11) is 0. The van der Waals surface area contributed by atoms with Crippen LogP contribution in [0.2, 0.25) is 0 Å². The van der Waals surface area contributed by atoms with Crippen molar-refractivity contribution in [2.45, 2.75) is 19.4 Å². The van der Waals surface area contributed by atoms with Gasteiger partial charge in [-0.1, -0.05) is 0 Å². The molecule has 19 heavy (non-hydrogen) atoms. The van der Waals surface area contributed by atoms with Crippen molar-refractivity contribution in [2.75, 3.05) is 19.6 Å². The van der Waals surface area contributed by atoms with Gasteiger partial charge >= 0.3 is 0 Å². The van der Waals surface area contributed by atoms with Crippen molar-refractivity contribution in [1.82, 2.24) is 15.6 Å². The largest absolute Gasteiger partial charge is 0.316 e. The average molecular weight is 258 g/mol. The summed E-state index contributed by atoms with van der Waals surface area (Å²) >= 11 is 0. The van der Waals surface area contributed by atoms with E-state index in [1.807, 2.05) is 0 Å². The van der Waals surface area contributed by atoms with Crippen LogP contribution in [0.5, 0.6) is 0 Å². The molecule has 0 bridgehead atoms. The van der Waals surface area contributed by atoms with Gasteiger partial charge in [0.1, 0.15) is 0 Å². The van der Waals surface area contributed by atoms with E-state index in [0.717, 1.165) is 31.0 Å². The fourth-order valence-corrected chi connectivity index (χ4v) is 2.61. The second-order valence-corrected chi connectivity index (χ2v) is 5.08. The molecule has 0 spiro atoms. The lowest BCUT2D eigenvalue weighted by atomic mass is 10.0. The van der Waals surface area contributed by atoms with Crippen molar-refractivity contribution in [3.8, 4) is 0 Å². The molecule has 3 heterocycles. The number of rotatable bonds is 4. The summed E-state index contributed by atoms with van der Waals surface area (Å²) in [4.78, 5) is 20.5. The molecule has 0 aliphatic carbocycles. The Morgan fingerprint density at radius 3 is 3.26 bits per heavy atom. The lowest BCUT2D eigenvalue weighted by Gasteiger charge is -2.14. The standard InChI is InChI=1S/C14H18N4O/c19-13-3-6-18-14-11(13)2-5-17-12(14)9-16-8-10-1-4-15-7-10/h2,5-6,10,15-16H,1,3-4,7-9H2. The van der Waals surface area contributed by atoms with E-state index in [2.05, 4.69) is 20.6 Å². The fraction of sp³-hybridized carbons (Fsp3) is 0.500. The first-order valence-electron chi connectivity index (χ1n) is 6.79. The van der Waals surface area contributed by atoms with E-state index in [1.54, 1.807) is 18.5 Å². The maximum Gasteiger partial charge on any atom is 0.170 e. The summed E-state index contributed by atoms with van der Waals surface area (Å²) in [6.45, 7) is 3.86. The van der Waals surface area contributed by atoms with Crippen LogP contribution < -0.4 is 10.6 Å². The number of nitrogens with zero attached hydrogens (tertiary/aromatic N) is 2. The van der Waals surface area contributed by atoms with E-state index in [4.69, 9.17) is 0 Å². The van der Waals surface area contributed by atoms with Gasteiger partial charge in [0.05, 0.1) is 11.4 Å². The highest BCUT2D eigenvalue weighted by molar-refractivity contribution is 6.10. The van der Waals surface area contributed by atoms with E-state index < -0.39 is 0 Å². The molecule has 0 radical (unpaired) electrons. The second-order valence-electron chi connectivity index (χ2n) is 5.08. The Kier molecular flexibility index (Phi) is 3.66. The Morgan fingerprint density at radius 1 is 1.47 bits per heavy atom. The van der Waals surface area contributed by atoms with Gasteiger partial charge in [-0.15, -0.1) is 0 Å². The Morgan fingerprint density at radius 2 is 2.42 bits per heavy atom. The average Bonchev–Trinajstić information content (AvgIpc) is 2.93. The van der Waals surface area contributed by atoms with E-state index in [0.29, 0.717) is 24.4 Å². The monoisotopic (exact) mass is 258 g/mol. The summed E-state index contributed by atoms with van der Waals surface area (Å²) in [6.07, 6.45) is 5.00. The molecule has 1 aromatic rings. The van der Waals surface area contributed by atoms with E-state index in [1.165, 1.54) is 6.42 Å². The molecule has 5 heteroatoms. The number of ketones is 1. The Labute approximate surface area is 112 Å². The van der Waals surface area contributed by atoms with Crippen molar-refractivity contribution >= 4 is 17.7 Å². The lowest BCUT2D eigenvalue weighted by Crippen LogP contribution is -2.24. The quantitative estimate of drug-likeness (QED) is 0.848. The topological polar surface area (TPSA) is 66.4 Å². The molecule has 0 aromatic carbocycles. The molecule has 100 valence electrons. The summed E-state index contributed by atoms with van der Waals surface area (Å²) in [5.74, 6) is 0.832. The third-order valence-electron chi connectivity index (χ3n) is 3.69. The summed E-state index contributed by atoms with van der Waals surface area (Å²) in [5, 5.41) is 6.77. The number of hydrogen-bond donors (Lipinski definition) is 2. The second kappa shape index (κ2) is 5.59. The molecule has 0 amide bonds. The van der Waals surface area contributed by atoms with Gasteiger partial charge < -0.3 is 10.6 Å². The van der Waals surface area contributed by atoms with E-state index in [9.17, 15) is 4.79 Å². The zero-order valence-corrected chi connectivity index (χ0v) is 10.9. The zero-order chi connectivity index (χ0) is 13.1. The van der Waals surface area contributed by atoms with Crippen LogP contribution in [0.25, 0.3) is 0 Å². The summed E-state index contributed by atoms with van der Waals surface area (Å²) in [5.41, 5.74) is 2.32. The number of carbonyl (C=O) groups excluding carboxylic acids is 1. The van der Waals surface area contributed by atoms with Crippen LogP contribution in [-0.4, -0.2) is 36.6 Å². The van der Waals surface area contributed by atoms with Gasteiger partial charge in [0.2, 0.25) is 0 Å². The molecule has 1 aromatic heterocycles. The predicted octanol–water partition coefficient (Wildman–Crippen LogP) is 1.07. The molecule has 1 saturated heterocycles. The first kappa shape index (κ1) is 12.4. The number of pyridine rings is 1. The Balaban J connectivity index is 1.66. The van der Waals surface area contributed by atoms with Crippen molar-refractivity contribution in [3.05, 3.63) is 23.5 Å². The summed E-state index contributed by atoms with van der Waals surface area (Å²) in [6, 6.07) is 1.76. The van der Waals surface area contributed by atoms with Crippen LogP contribution in [0.15, 0.2) is 17.3 Å². The molecule has 2 aliphatic heterocycles. The summed E-state index contributed by atoms with van der Waals surface area (Å²) < 4.78 is 0. The predicted molar refractivity (Wildman–Crippen MR) is 74.0 cm³/mol. The Hall–Kier alpha value is -1.59. The molecule has 1 fully saturated rings. The number of fused-ring (bicyclic) bond motifs is 1. The first-order chi connectivity index (χ1) is 9.34. The molecule has 2 N–H and O–H groups in total. The van der Waals surface area contributed by atoms with Crippen molar-refractivity contribution < 1.29 is 4.79 Å². The third-order valence-corrected chi connectivity index (χ3v) is 3.69. The van der Waals surface area contributed by atoms with Crippen molar-refractivity contribution in [3.63, 3.8) is 0 Å². The van der Waals surface area contributed by atoms with Crippen molar-refractivity contribution in [2.24, 2.45) is 10.9 Å². The highest BCUT2D eigenvalue weighted by atomic mass is 16.1. The van der Waals surface area contributed by atoms with Gasteiger partial charge in [-0.2, -0.15) is 0 Å². The number of hydrogen-bond acceptors (Lipinski definition) is 5. The maximum atomic E-state index is 11.8. The van der Waals surface area contributed by atoms with Crippen LogP contribution in [0.1, 0.15) is 28.9 Å². The molecule has 3 rings (SSSR count). The molecule has 0 saturated carbocycles. The number of nitrogens with one attached hydrogen (secondary N) is 2. The first-order valence-corrected chi connectivity index (χ1v) is 6.79. The third kappa shape index (κ3) is 2.72. The van der Waals surface area contributed by atoms with E-state index >= 15 is 0 Å². The minimum atomic E-state index is 0.133. The number of aromatic nitrogens is 1. The highest BCUT2D eigenvalue weighted by Gasteiger charge is 2.18. The number of Topliss-reactive ketones (excluding diaryl/α,β-unsaturated/α-hetero) is 1. The maximum absolute atomic E-state index is 11.8. The number of aliphatic imine (C=N–C) groups is 1. The fourth-order valence-electron chi connectivity index (χ4n) is 2.61.